The molecular formula is C20H17N3O5. The first-order valence-electron chi connectivity index (χ1n) is 8.74. The van der Waals surface area contributed by atoms with E-state index in [9.17, 15) is 9.59 Å². The van der Waals surface area contributed by atoms with Crippen LogP contribution in [-0.4, -0.2) is 33.9 Å². The summed E-state index contributed by atoms with van der Waals surface area (Å²) >= 11 is 0. The molecule has 0 saturated heterocycles. The lowest BCUT2D eigenvalue weighted by molar-refractivity contribution is -0.136. The van der Waals surface area contributed by atoms with E-state index in [4.69, 9.17) is 14.4 Å². The third-order valence-corrected chi connectivity index (χ3v) is 4.55. The van der Waals surface area contributed by atoms with Gasteiger partial charge in [-0.3, -0.25) is 4.79 Å². The molecule has 2 N–H and O–H groups in total. The molecule has 0 spiro atoms. The van der Waals surface area contributed by atoms with Crippen LogP contribution in [0.5, 0.6) is 0 Å². The van der Waals surface area contributed by atoms with Crippen molar-refractivity contribution in [3.05, 3.63) is 71.4 Å². The fourth-order valence-electron chi connectivity index (χ4n) is 3.36. The number of rotatable bonds is 6. The number of carboxylic acids is 1. The minimum Gasteiger partial charge on any atom is -0.481 e. The Kier molecular flexibility index (Phi) is 4.76. The van der Waals surface area contributed by atoms with E-state index in [1.807, 2.05) is 36.4 Å². The van der Waals surface area contributed by atoms with Gasteiger partial charge in [0.05, 0.1) is 6.54 Å². The summed E-state index contributed by atoms with van der Waals surface area (Å²) in [7, 11) is 0. The molecule has 0 saturated carbocycles. The first-order valence-corrected chi connectivity index (χ1v) is 8.74. The van der Waals surface area contributed by atoms with Gasteiger partial charge in [0.25, 0.3) is 0 Å². The van der Waals surface area contributed by atoms with E-state index >= 15 is 0 Å². The number of aromatic nitrogens is 2. The van der Waals surface area contributed by atoms with Crippen LogP contribution in [0.3, 0.4) is 0 Å². The Morgan fingerprint density at radius 2 is 1.71 bits per heavy atom. The number of carbonyl (C=O) groups is 2. The third-order valence-electron chi connectivity index (χ3n) is 4.55. The van der Waals surface area contributed by atoms with Crippen LogP contribution in [0, 0.1) is 0 Å². The number of hydrogen-bond donors (Lipinski definition) is 2. The Morgan fingerprint density at radius 1 is 1.07 bits per heavy atom. The molecule has 4 rings (SSSR count). The predicted octanol–water partition coefficient (Wildman–Crippen LogP) is 2.74. The minimum absolute atomic E-state index is 0.0141. The van der Waals surface area contributed by atoms with Gasteiger partial charge in [0.1, 0.15) is 13.0 Å². The number of carbonyl (C=O) groups excluding carboxylic acids is 1. The van der Waals surface area contributed by atoms with Crippen LogP contribution in [0.1, 0.15) is 28.8 Å². The molecule has 0 fully saturated rings. The highest BCUT2D eigenvalue weighted by atomic mass is 16.5. The zero-order valence-electron chi connectivity index (χ0n) is 14.8. The van der Waals surface area contributed by atoms with Gasteiger partial charge in [0.15, 0.2) is 5.82 Å². The quantitative estimate of drug-likeness (QED) is 0.677. The Bertz CT molecular complexity index is 984. The molecule has 1 aromatic heterocycles. The average molecular weight is 379 g/mol. The number of hydrogen-bond acceptors (Lipinski definition) is 6. The lowest BCUT2D eigenvalue weighted by Crippen LogP contribution is -2.26. The van der Waals surface area contributed by atoms with E-state index in [0.717, 1.165) is 22.3 Å². The first kappa shape index (κ1) is 17.7. The van der Waals surface area contributed by atoms with Crippen LogP contribution in [0.4, 0.5) is 4.79 Å². The topological polar surface area (TPSA) is 115 Å². The largest absolute Gasteiger partial charge is 0.481 e. The van der Waals surface area contributed by atoms with Gasteiger partial charge in [0.2, 0.25) is 5.89 Å². The number of nitrogens with zero attached hydrogens (tertiary/aromatic N) is 2. The smallest absolute Gasteiger partial charge is 0.407 e. The number of benzene rings is 2. The standard InChI is InChI=1S/C20H17N3O5/c24-19(25)9-18-22-17(23-28-18)10-21-20(26)27-11-16-14-7-3-1-5-12(14)13-6-2-4-8-15(13)16/h1-8,16H,9-11H2,(H,21,26)(H,24,25). The van der Waals surface area contributed by atoms with Crippen molar-refractivity contribution in [1.82, 2.24) is 15.5 Å². The van der Waals surface area contributed by atoms with E-state index in [-0.39, 0.29) is 37.2 Å². The van der Waals surface area contributed by atoms with Crippen molar-refractivity contribution >= 4 is 12.1 Å². The second-order valence-electron chi connectivity index (χ2n) is 6.35. The van der Waals surface area contributed by atoms with Crippen molar-refractivity contribution in [2.24, 2.45) is 0 Å². The van der Waals surface area contributed by atoms with Gasteiger partial charge in [-0.25, -0.2) is 4.79 Å². The molecule has 1 amide bonds. The number of fused-ring (bicyclic) bond motifs is 3. The maximum Gasteiger partial charge on any atom is 0.407 e. The van der Waals surface area contributed by atoms with Gasteiger partial charge < -0.3 is 19.7 Å². The molecule has 8 nitrogen and oxygen atoms in total. The van der Waals surface area contributed by atoms with Crippen molar-refractivity contribution < 1.29 is 24.0 Å². The Labute approximate surface area is 160 Å². The van der Waals surface area contributed by atoms with Crippen molar-refractivity contribution in [2.75, 3.05) is 6.61 Å². The van der Waals surface area contributed by atoms with Crippen LogP contribution in [0.25, 0.3) is 11.1 Å². The normalized spacial score (nSPS) is 12.3. The SMILES string of the molecule is O=C(O)Cc1nc(CNC(=O)OCC2c3ccccc3-c3ccccc32)no1. The van der Waals surface area contributed by atoms with E-state index in [1.54, 1.807) is 0 Å². The summed E-state index contributed by atoms with van der Waals surface area (Å²) in [5, 5.41) is 14.9. The number of alkyl carbamates (subject to hydrolysis) is 1. The molecule has 0 unspecified atom stereocenters. The molecule has 2 aromatic carbocycles. The van der Waals surface area contributed by atoms with Gasteiger partial charge in [-0.15, -0.1) is 0 Å². The van der Waals surface area contributed by atoms with Crippen LogP contribution < -0.4 is 5.32 Å². The van der Waals surface area contributed by atoms with Crippen LogP contribution in [0.15, 0.2) is 53.1 Å². The second-order valence-corrected chi connectivity index (χ2v) is 6.35. The maximum absolute atomic E-state index is 12.1. The van der Waals surface area contributed by atoms with Crippen molar-refractivity contribution in [1.29, 1.82) is 0 Å². The maximum atomic E-state index is 12.1. The molecular weight excluding hydrogens is 362 g/mol. The fraction of sp³-hybridized carbons (Fsp3) is 0.200. The number of amides is 1. The number of ether oxygens (including phenoxy) is 1. The summed E-state index contributed by atoms with van der Waals surface area (Å²) in [5.41, 5.74) is 4.58. The fourth-order valence-corrected chi connectivity index (χ4v) is 3.36. The third kappa shape index (κ3) is 3.57. The Balaban J connectivity index is 1.36. The zero-order valence-corrected chi connectivity index (χ0v) is 14.8. The molecule has 28 heavy (non-hydrogen) atoms. The lowest BCUT2D eigenvalue weighted by Gasteiger charge is -2.14. The van der Waals surface area contributed by atoms with Crippen molar-refractivity contribution in [3.8, 4) is 11.1 Å². The van der Waals surface area contributed by atoms with Gasteiger partial charge in [-0.1, -0.05) is 53.7 Å². The summed E-state index contributed by atoms with van der Waals surface area (Å²) in [6.07, 6.45) is -0.968. The minimum atomic E-state index is -1.07. The summed E-state index contributed by atoms with van der Waals surface area (Å²) in [6, 6.07) is 16.2. The van der Waals surface area contributed by atoms with E-state index < -0.39 is 12.1 Å². The molecule has 142 valence electrons. The van der Waals surface area contributed by atoms with E-state index in [2.05, 4.69) is 27.6 Å². The molecule has 0 aliphatic heterocycles. The van der Waals surface area contributed by atoms with Crippen molar-refractivity contribution in [3.63, 3.8) is 0 Å². The van der Waals surface area contributed by atoms with E-state index in [0.29, 0.717) is 0 Å². The van der Waals surface area contributed by atoms with Crippen LogP contribution in [-0.2, 0) is 22.5 Å². The summed E-state index contributed by atoms with van der Waals surface area (Å²) in [6.45, 7) is 0.191. The molecule has 1 heterocycles. The Morgan fingerprint density at radius 3 is 2.36 bits per heavy atom. The molecule has 0 bridgehead atoms. The molecule has 0 radical (unpaired) electrons. The highest BCUT2D eigenvalue weighted by molar-refractivity contribution is 5.79. The average Bonchev–Trinajstić information content (AvgIpc) is 3.26. The summed E-state index contributed by atoms with van der Waals surface area (Å²) in [4.78, 5) is 26.6. The molecule has 3 aromatic rings. The number of nitrogens with one attached hydrogen (secondary N) is 1. The predicted molar refractivity (Wildman–Crippen MR) is 97.5 cm³/mol. The monoisotopic (exact) mass is 379 g/mol. The molecule has 0 atom stereocenters. The van der Waals surface area contributed by atoms with Crippen LogP contribution in [0.2, 0.25) is 0 Å². The van der Waals surface area contributed by atoms with Gasteiger partial charge in [-0.2, -0.15) is 4.98 Å². The highest BCUT2D eigenvalue weighted by Gasteiger charge is 2.29. The molecule has 1 aliphatic carbocycles. The number of carboxylic acid groups (broad SMARTS) is 1. The van der Waals surface area contributed by atoms with Gasteiger partial charge >= 0.3 is 12.1 Å². The van der Waals surface area contributed by atoms with Gasteiger partial charge in [-0.05, 0) is 22.3 Å². The van der Waals surface area contributed by atoms with Gasteiger partial charge in [0, 0.05) is 5.92 Å². The molecule has 8 heteroatoms. The lowest BCUT2D eigenvalue weighted by atomic mass is 9.98. The highest BCUT2D eigenvalue weighted by Crippen LogP contribution is 2.44. The number of aliphatic carboxylic acids is 1. The van der Waals surface area contributed by atoms with Crippen LogP contribution >= 0.6 is 0 Å². The second kappa shape index (κ2) is 7.51. The first-order chi connectivity index (χ1) is 13.6. The zero-order chi connectivity index (χ0) is 19.5. The summed E-state index contributed by atoms with van der Waals surface area (Å²) in [5.74, 6) is -0.924. The van der Waals surface area contributed by atoms with E-state index in [1.165, 1.54) is 0 Å². The summed E-state index contributed by atoms with van der Waals surface area (Å²) < 4.78 is 10.2. The van der Waals surface area contributed by atoms with Crippen molar-refractivity contribution in [2.45, 2.75) is 18.9 Å². The molecule has 1 aliphatic rings. The Hall–Kier alpha value is -3.68.